The van der Waals surface area contributed by atoms with Gasteiger partial charge in [0.1, 0.15) is 5.76 Å². The molecule has 28 heavy (non-hydrogen) atoms. The summed E-state index contributed by atoms with van der Waals surface area (Å²) in [4.78, 5) is 25.7. The number of furan rings is 1. The van der Waals surface area contributed by atoms with Crippen LogP contribution in [0.5, 0.6) is 0 Å². The highest BCUT2D eigenvalue weighted by molar-refractivity contribution is 5.78. The molecule has 1 spiro atoms. The summed E-state index contributed by atoms with van der Waals surface area (Å²) in [6.07, 6.45) is 3.57. The highest BCUT2D eigenvalue weighted by atomic mass is 19.4. The maximum atomic E-state index is 12.3. The molecule has 0 aliphatic carbocycles. The van der Waals surface area contributed by atoms with Crippen molar-refractivity contribution in [3.05, 3.63) is 36.8 Å². The molecular formula is C19H25F3N2O4. The molecule has 2 aliphatic heterocycles. The van der Waals surface area contributed by atoms with E-state index in [9.17, 15) is 18.0 Å². The zero-order valence-corrected chi connectivity index (χ0v) is 15.6. The van der Waals surface area contributed by atoms with E-state index < -0.39 is 12.1 Å². The summed E-state index contributed by atoms with van der Waals surface area (Å²) in [5.41, 5.74) is 0.00830. The molecule has 0 bridgehead atoms. The van der Waals surface area contributed by atoms with Crippen LogP contribution in [0.4, 0.5) is 13.2 Å². The molecule has 9 heteroatoms. The van der Waals surface area contributed by atoms with Crippen LogP contribution in [-0.4, -0.2) is 58.1 Å². The predicted octanol–water partition coefficient (Wildman–Crippen LogP) is 3.45. The van der Waals surface area contributed by atoms with Gasteiger partial charge in [-0.3, -0.25) is 9.69 Å². The van der Waals surface area contributed by atoms with E-state index in [2.05, 4.69) is 16.4 Å². The number of aliphatic carboxylic acids is 1. The third kappa shape index (κ3) is 5.60. The van der Waals surface area contributed by atoms with E-state index in [1.165, 1.54) is 0 Å². The van der Waals surface area contributed by atoms with Gasteiger partial charge in [-0.15, -0.1) is 6.58 Å². The van der Waals surface area contributed by atoms with Gasteiger partial charge in [0.15, 0.2) is 0 Å². The first kappa shape index (κ1) is 22.0. The molecule has 6 nitrogen and oxygen atoms in total. The second-order valence-corrected chi connectivity index (χ2v) is 7.07. The van der Waals surface area contributed by atoms with Crippen LogP contribution < -0.4 is 0 Å². The van der Waals surface area contributed by atoms with Crippen LogP contribution in [0.25, 0.3) is 0 Å². The standard InChI is InChI=1S/C17H24N2O2.C2HF3O2/c1-2-10-19-16(20)7-3-8-17(19)9-5-11-18(14-17)13-15-6-4-12-21-15;3-2(4,5)1(6)7/h2,4,6,12H,1,3,5,7-11,13-14H2;(H,6,7). The molecule has 3 heterocycles. The Morgan fingerprint density at radius 3 is 2.61 bits per heavy atom. The summed E-state index contributed by atoms with van der Waals surface area (Å²) in [5.74, 6) is -1.46. The lowest BCUT2D eigenvalue weighted by atomic mass is 9.79. The van der Waals surface area contributed by atoms with Crippen molar-refractivity contribution in [1.82, 2.24) is 9.80 Å². The number of carbonyl (C=O) groups excluding carboxylic acids is 1. The summed E-state index contributed by atoms with van der Waals surface area (Å²) >= 11 is 0. The van der Waals surface area contributed by atoms with Gasteiger partial charge in [-0.25, -0.2) is 4.79 Å². The normalized spacial score (nSPS) is 23.2. The van der Waals surface area contributed by atoms with E-state index in [1.54, 1.807) is 6.26 Å². The summed E-state index contributed by atoms with van der Waals surface area (Å²) in [5, 5.41) is 7.12. The van der Waals surface area contributed by atoms with Gasteiger partial charge in [0.25, 0.3) is 0 Å². The fraction of sp³-hybridized carbons (Fsp3) is 0.579. The van der Waals surface area contributed by atoms with Crippen LogP contribution in [0, 0.1) is 0 Å². The molecule has 1 N–H and O–H groups in total. The smallest absolute Gasteiger partial charge is 0.475 e. The van der Waals surface area contributed by atoms with Gasteiger partial charge in [0.05, 0.1) is 18.3 Å². The fourth-order valence-corrected chi connectivity index (χ4v) is 3.92. The Bertz CT molecular complexity index is 671. The molecule has 2 saturated heterocycles. The average molecular weight is 402 g/mol. The van der Waals surface area contributed by atoms with Crippen LogP contribution in [0.3, 0.4) is 0 Å². The number of rotatable bonds is 4. The molecule has 1 atom stereocenters. The first-order valence-corrected chi connectivity index (χ1v) is 9.14. The van der Waals surface area contributed by atoms with E-state index in [1.807, 2.05) is 18.2 Å². The fourth-order valence-electron chi connectivity index (χ4n) is 3.92. The molecule has 1 unspecified atom stereocenters. The Labute approximate surface area is 161 Å². The number of likely N-dealkylation sites (tertiary alicyclic amines) is 2. The first-order chi connectivity index (χ1) is 13.2. The van der Waals surface area contributed by atoms with Crippen molar-refractivity contribution in [1.29, 1.82) is 0 Å². The Kier molecular flexibility index (Phi) is 7.29. The van der Waals surface area contributed by atoms with Gasteiger partial charge in [0, 0.05) is 19.5 Å². The highest BCUT2D eigenvalue weighted by Crippen LogP contribution is 2.37. The second kappa shape index (κ2) is 9.27. The third-order valence-electron chi connectivity index (χ3n) is 5.05. The molecule has 0 aromatic carbocycles. The minimum atomic E-state index is -5.08. The number of piperidine rings is 2. The van der Waals surface area contributed by atoms with Crippen molar-refractivity contribution in [3.8, 4) is 0 Å². The number of carboxylic acids is 1. The van der Waals surface area contributed by atoms with Crippen molar-refractivity contribution < 1.29 is 32.3 Å². The summed E-state index contributed by atoms with van der Waals surface area (Å²) in [6, 6.07) is 3.96. The molecule has 0 saturated carbocycles. The zero-order chi connectivity index (χ0) is 20.8. The van der Waals surface area contributed by atoms with Crippen LogP contribution in [-0.2, 0) is 16.1 Å². The maximum absolute atomic E-state index is 12.3. The Morgan fingerprint density at radius 2 is 2.04 bits per heavy atom. The number of halogens is 3. The number of alkyl halides is 3. The SMILES string of the molecule is C=CCN1C(=O)CCCC12CCCN(Cc1ccco1)C2.O=C(O)C(F)(F)F. The molecule has 0 radical (unpaired) electrons. The lowest BCUT2D eigenvalue weighted by Gasteiger charge is -2.52. The van der Waals surface area contributed by atoms with E-state index in [0.29, 0.717) is 18.9 Å². The minimum Gasteiger partial charge on any atom is -0.475 e. The van der Waals surface area contributed by atoms with Gasteiger partial charge >= 0.3 is 12.1 Å². The van der Waals surface area contributed by atoms with Gasteiger partial charge in [-0.1, -0.05) is 6.08 Å². The first-order valence-electron chi connectivity index (χ1n) is 9.14. The maximum Gasteiger partial charge on any atom is 0.490 e. The largest absolute Gasteiger partial charge is 0.490 e. The Balaban J connectivity index is 0.000000345. The number of carboxylic acid groups (broad SMARTS) is 1. The van der Waals surface area contributed by atoms with Crippen LogP contribution in [0.2, 0.25) is 0 Å². The summed E-state index contributed by atoms with van der Waals surface area (Å²) in [7, 11) is 0. The molecule has 156 valence electrons. The van der Waals surface area contributed by atoms with Crippen molar-refractivity contribution in [2.45, 2.75) is 50.4 Å². The highest BCUT2D eigenvalue weighted by Gasteiger charge is 2.44. The summed E-state index contributed by atoms with van der Waals surface area (Å²) in [6.45, 7) is 7.37. The van der Waals surface area contributed by atoms with Crippen LogP contribution in [0.15, 0.2) is 35.5 Å². The average Bonchev–Trinajstić information content (AvgIpc) is 3.11. The number of amides is 1. The van der Waals surface area contributed by atoms with Crippen molar-refractivity contribution in [3.63, 3.8) is 0 Å². The zero-order valence-electron chi connectivity index (χ0n) is 15.6. The van der Waals surface area contributed by atoms with E-state index in [-0.39, 0.29) is 5.54 Å². The van der Waals surface area contributed by atoms with E-state index in [4.69, 9.17) is 14.3 Å². The Morgan fingerprint density at radius 1 is 1.36 bits per heavy atom. The lowest BCUT2D eigenvalue weighted by molar-refractivity contribution is -0.192. The van der Waals surface area contributed by atoms with Gasteiger partial charge in [-0.05, 0) is 44.4 Å². The molecule has 1 aromatic rings. The second-order valence-electron chi connectivity index (χ2n) is 7.07. The molecule has 2 aliphatic rings. The molecular weight excluding hydrogens is 377 g/mol. The third-order valence-corrected chi connectivity index (χ3v) is 5.05. The quantitative estimate of drug-likeness (QED) is 0.781. The topological polar surface area (TPSA) is 74.0 Å². The van der Waals surface area contributed by atoms with Crippen molar-refractivity contribution >= 4 is 11.9 Å². The van der Waals surface area contributed by atoms with E-state index >= 15 is 0 Å². The number of hydrogen-bond donors (Lipinski definition) is 1. The van der Waals surface area contributed by atoms with E-state index in [0.717, 1.165) is 51.1 Å². The predicted molar refractivity (Wildman–Crippen MR) is 95.4 cm³/mol. The number of carbonyl (C=O) groups is 2. The summed E-state index contributed by atoms with van der Waals surface area (Å²) < 4.78 is 37.2. The van der Waals surface area contributed by atoms with Crippen molar-refractivity contribution in [2.75, 3.05) is 19.6 Å². The monoisotopic (exact) mass is 402 g/mol. The van der Waals surface area contributed by atoms with Crippen molar-refractivity contribution in [2.24, 2.45) is 0 Å². The molecule has 1 amide bonds. The number of hydrogen-bond acceptors (Lipinski definition) is 4. The van der Waals surface area contributed by atoms with Gasteiger partial charge < -0.3 is 14.4 Å². The van der Waals surface area contributed by atoms with Gasteiger partial charge in [0.2, 0.25) is 5.91 Å². The molecule has 1 aromatic heterocycles. The lowest BCUT2D eigenvalue weighted by Crippen LogP contribution is -2.62. The van der Waals surface area contributed by atoms with Crippen LogP contribution >= 0.6 is 0 Å². The minimum absolute atomic E-state index is 0.00830. The Hall–Kier alpha value is -2.29. The molecule has 3 rings (SSSR count). The molecule has 2 fully saturated rings. The van der Waals surface area contributed by atoms with Crippen LogP contribution in [0.1, 0.15) is 37.9 Å². The van der Waals surface area contributed by atoms with Gasteiger partial charge in [-0.2, -0.15) is 13.2 Å². The number of nitrogens with zero attached hydrogens (tertiary/aromatic N) is 2.